The van der Waals surface area contributed by atoms with E-state index in [0.29, 0.717) is 5.96 Å². The molecule has 1 aliphatic heterocycles. The molecule has 0 atom stereocenters. The quantitative estimate of drug-likeness (QED) is 0.333. The summed E-state index contributed by atoms with van der Waals surface area (Å²) in [6, 6.07) is 8.75. The molecule has 1 aliphatic carbocycles. The number of hydrogen-bond donors (Lipinski definition) is 1. The topological polar surface area (TPSA) is 57.3 Å². The van der Waals surface area contributed by atoms with Gasteiger partial charge in [-0.25, -0.2) is 0 Å². The highest BCUT2D eigenvalue weighted by atomic mass is 127. The van der Waals surface area contributed by atoms with Crippen LogP contribution in [-0.2, 0) is 4.74 Å². The molecule has 8 heteroatoms. The Morgan fingerprint density at radius 2 is 1.85 bits per heavy atom. The first kappa shape index (κ1) is 22.5. The lowest BCUT2D eigenvalue weighted by atomic mass is 10.2. The van der Waals surface area contributed by atoms with Crippen LogP contribution < -0.4 is 10.6 Å². The maximum Gasteiger partial charge on any atom is 0.191 e. The van der Waals surface area contributed by atoms with E-state index >= 15 is 0 Å². The van der Waals surface area contributed by atoms with Crippen LogP contribution in [0.1, 0.15) is 12.8 Å². The van der Waals surface area contributed by atoms with Gasteiger partial charge >= 0.3 is 0 Å². The van der Waals surface area contributed by atoms with Crippen molar-refractivity contribution in [3.63, 3.8) is 0 Å². The number of guanidine groups is 1. The molecule has 0 bridgehead atoms. The van der Waals surface area contributed by atoms with E-state index in [-0.39, 0.29) is 24.0 Å². The third-order valence-corrected chi connectivity index (χ3v) is 5.35. The van der Waals surface area contributed by atoms with E-state index in [1.165, 1.54) is 18.5 Å². The fourth-order valence-corrected chi connectivity index (χ4v) is 3.49. The number of methoxy groups -OCH3 is 1. The highest BCUT2D eigenvalue weighted by molar-refractivity contribution is 14.0. The summed E-state index contributed by atoms with van der Waals surface area (Å²) in [5.41, 5.74) is 7.44. The monoisotopic (exact) mass is 507 g/mol. The van der Waals surface area contributed by atoms with E-state index in [2.05, 4.69) is 31.8 Å². The number of benzene rings is 1. The highest BCUT2D eigenvalue weighted by Crippen LogP contribution is 2.26. The first-order chi connectivity index (χ1) is 12.7. The summed E-state index contributed by atoms with van der Waals surface area (Å²) in [4.78, 5) is 11.6. The Bertz CT molecular complexity index is 588. The van der Waals surface area contributed by atoms with Gasteiger partial charge in [0.25, 0.3) is 0 Å². The van der Waals surface area contributed by atoms with Crippen LogP contribution >= 0.6 is 35.6 Å². The molecule has 2 N–H and O–H groups in total. The van der Waals surface area contributed by atoms with Crippen molar-refractivity contribution in [2.75, 3.05) is 64.4 Å². The van der Waals surface area contributed by atoms with Crippen molar-refractivity contribution in [2.45, 2.75) is 18.9 Å². The van der Waals surface area contributed by atoms with Gasteiger partial charge in [-0.3, -0.25) is 9.89 Å². The Morgan fingerprint density at radius 3 is 2.44 bits per heavy atom. The second-order valence-electron chi connectivity index (χ2n) is 6.95. The van der Waals surface area contributed by atoms with Crippen molar-refractivity contribution in [1.29, 1.82) is 0 Å². The van der Waals surface area contributed by atoms with Gasteiger partial charge in [0.15, 0.2) is 5.96 Å². The van der Waals surface area contributed by atoms with Gasteiger partial charge in [-0.2, -0.15) is 0 Å². The Morgan fingerprint density at radius 1 is 1.19 bits per heavy atom. The summed E-state index contributed by atoms with van der Waals surface area (Å²) >= 11 is 5.97. The lowest BCUT2D eigenvalue weighted by Crippen LogP contribution is -2.51. The molecule has 0 unspecified atom stereocenters. The van der Waals surface area contributed by atoms with Gasteiger partial charge in [-0.15, -0.1) is 24.0 Å². The van der Waals surface area contributed by atoms with Gasteiger partial charge < -0.3 is 20.3 Å². The molecule has 6 nitrogen and oxygen atoms in total. The van der Waals surface area contributed by atoms with Gasteiger partial charge in [0.05, 0.1) is 13.2 Å². The minimum Gasteiger partial charge on any atom is -0.383 e. The van der Waals surface area contributed by atoms with Gasteiger partial charge in [-0.1, -0.05) is 11.6 Å². The molecule has 1 aromatic rings. The highest BCUT2D eigenvalue weighted by Gasteiger charge is 2.28. The average molecular weight is 508 g/mol. The predicted molar refractivity (Wildman–Crippen MR) is 124 cm³/mol. The van der Waals surface area contributed by atoms with Crippen LogP contribution in [0.15, 0.2) is 29.3 Å². The number of hydrogen-bond acceptors (Lipinski definition) is 4. The fraction of sp³-hybridized carbons (Fsp3) is 0.632. The SMILES string of the molecule is COCCN(CCN=C(N)N1CCN(c2ccc(Cl)cc2)CC1)C1CC1.I. The molecule has 1 aromatic carbocycles. The zero-order valence-corrected chi connectivity index (χ0v) is 19.1. The van der Waals surface area contributed by atoms with Crippen LogP contribution in [0, 0.1) is 0 Å². The van der Waals surface area contributed by atoms with Crippen molar-refractivity contribution in [3.05, 3.63) is 29.3 Å². The Labute approximate surface area is 184 Å². The predicted octanol–water partition coefficient (Wildman–Crippen LogP) is 2.51. The molecule has 0 radical (unpaired) electrons. The van der Waals surface area contributed by atoms with E-state index in [4.69, 9.17) is 22.1 Å². The average Bonchev–Trinajstić information content (AvgIpc) is 3.50. The maximum atomic E-state index is 6.23. The second-order valence-corrected chi connectivity index (χ2v) is 7.39. The van der Waals surface area contributed by atoms with Crippen molar-refractivity contribution >= 4 is 47.2 Å². The molecule has 2 fully saturated rings. The molecule has 3 rings (SSSR count). The molecule has 1 saturated heterocycles. The molecule has 2 aliphatic rings. The largest absolute Gasteiger partial charge is 0.383 e. The van der Waals surface area contributed by atoms with E-state index in [1.54, 1.807) is 7.11 Å². The lowest BCUT2D eigenvalue weighted by molar-refractivity contribution is 0.145. The third-order valence-electron chi connectivity index (χ3n) is 5.10. The number of piperazine rings is 1. The van der Waals surface area contributed by atoms with Gasteiger partial charge in [0.1, 0.15) is 0 Å². The van der Waals surface area contributed by atoms with Gasteiger partial charge in [-0.05, 0) is 37.1 Å². The van der Waals surface area contributed by atoms with Crippen LogP contribution in [0.5, 0.6) is 0 Å². The molecule has 27 heavy (non-hydrogen) atoms. The number of ether oxygens (including phenoxy) is 1. The van der Waals surface area contributed by atoms with E-state index in [9.17, 15) is 0 Å². The maximum absolute atomic E-state index is 6.23. The molecule has 0 amide bonds. The molecule has 0 aromatic heterocycles. The summed E-state index contributed by atoms with van der Waals surface area (Å²) in [6.07, 6.45) is 2.60. The fourth-order valence-electron chi connectivity index (χ4n) is 3.36. The van der Waals surface area contributed by atoms with Gasteiger partial charge in [0, 0.05) is 63.1 Å². The molecule has 152 valence electrons. The number of nitrogens with two attached hydrogens (primary N) is 1. The van der Waals surface area contributed by atoms with E-state index < -0.39 is 0 Å². The summed E-state index contributed by atoms with van der Waals surface area (Å²) in [5.74, 6) is 0.670. The van der Waals surface area contributed by atoms with Crippen molar-refractivity contribution < 1.29 is 4.74 Å². The van der Waals surface area contributed by atoms with E-state index in [0.717, 1.165) is 63.5 Å². The third kappa shape index (κ3) is 6.96. The second kappa shape index (κ2) is 11.3. The summed E-state index contributed by atoms with van der Waals surface area (Å²) < 4.78 is 5.20. The van der Waals surface area contributed by atoms with Crippen LogP contribution in [0.3, 0.4) is 0 Å². The van der Waals surface area contributed by atoms with Crippen LogP contribution in [0.4, 0.5) is 5.69 Å². The first-order valence-corrected chi connectivity index (χ1v) is 9.83. The minimum atomic E-state index is 0. The number of aliphatic imine (C=N–C) groups is 1. The number of anilines is 1. The van der Waals surface area contributed by atoms with Crippen LogP contribution in [0.25, 0.3) is 0 Å². The molecular weight excluding hydrogens is 477 g/mol. The first-order valence-electron chi connectivity index (χ1n) is 9.46. The number of rotatable bonds is 8. The Kier molecular flexibility index (Phi) is 9.41. The normalized spacial score (nSPS) is 18.0. The smallest absolute Gasteiger partial charge is 0.191 e. The Balaban J connectivity index is 0.00000261. The molecule has 1 saturated carbocycles. The standard InChI is InChI=1S/C19H30ClN5O.HI/c1-26-15-14-23(18-6-7-18)9-8-22-19(21)25-12-10-24(11-13-25)17-4-2-16(20)3-5-17;/h2-5,18H,6-15H2,1H3,(H2,21,22);1H. The Hall–Kier alpha value is -0.770. The zero-order chi connectivity index (χ0) is 18.4. The van der Waals surface area contributed by atoms with Crippen molar-refractivity contribution in [3.8, 4) is 0 Å². The zero-order valence-electron chi connectivity index (χ0n) is 16.0. The lowest BCUT2D eigenvalue weighted by Gasteiger charge is -2.36. The van der Waals surface area contributed by atoms with E-state index in [1.807, 2.05) is 12.1 Å². The molecule has 1 heterocycles. The number of halogens is 2. The number of nitrogens with zero attached hydrogens (tertiary/aromatic N) is 4. The van der Waals surface area contributed by atoms with Crippen molar-refractivity contribution in [1.82, 2.24) is 9.80 Å². The van der Waals surface area contributed by atoms with Crippen molar-refractivity contribution in [2.24, 2.45) is 10.7 Å². The molecular formula is C19H31ClIN5O. The summed E-state index contributed by atoms with van der Waals surface area (Å²) in [5, 5.41) is 0.773. The minimum absolute atomic E-state index is 0. The van der Waals surface area contributed by atoms with Crippen LogP contribution in [-0.4, -0.2) is 81.3 Å². The van der Waals surface area contributed by atoms with Gasteiger partial charge in [0.2, 0.25) is 0 Å². The summed E-state index contributed by atoms with van der Waals surface area (Å²) in [6.45, 7) is 7.16. The van der Waals surface area contributed by atoms with Crippen LogP contribution in [0.2, 0.25) is 5.02 Å². The summed E-state index contributed by atoms with van der Waals surface area (Å²) in [7, 11) is 1.75. The molecule has 0 spiro atoms.